The Kier molecular flexibility index (Phi) is 4.36. The average Bonchev–Trinajstić information content (AvgIpc) is 2.73. The number of hydrogen-bond acceptors (Lipinski definition) is 5. The minimum Gasteiger partial charge on any atom is -0.481 e. The number of para-hydroxylation sites is 2. The van der Waals surface area contributed by atoms with Crippen molar-refractivity contribution in [3.05, 3.63) is 52.8 Å². The Morgan fingerprint density at radius 1 is 1.04 bits per heavy atom. The largest absolute Gasteiger partial charge is 0.481 e. The Morgan fingerprint density at radius 3 is 2.61 bits per heavy atom. The quantitative estimate of drug-likeness (QED) is 0.759. The predicted molar refractivity (Wildman–Crippen MR) is 109 cm³/mol. The van der Waals surface area contributed by atoms with E-state index in [0.717, 1.165) is 23.9 Å². The van der Waals surface area contributed by atoms with E-state index in [4.69, 9.17) is 4.74 Å². The van der Waals surface area contributed by atoms with Gasteiger partial charge in [-0.05, 0) is 43.9 Å². The zero-order valence-corrected chi connectivity index (χ0v) is 16.0. The standard InChI is InChI=1S/C22H24N4O2/c1-28-20-11-5-9-18(24-20)21-22(27)26(19-10-3-2-8-17(19)25-21)16-12-14-6-4-7-15(13-16)23-14/h2-3,5,8-11,14-16,23H,4,6-7,12-13H2,1H3. The molecule has 6 heteroatoms. The van der Waals surface area contributed by atoms with E-state index in [-0.39, 0.29) is 11.6 Å². The van der Waals surface area contributed by atoms with Gasteiger partial charge in [-0.2, -0.15) is 0 Å². The van der Waals surface area contributed by atoms with Crippen molar-refractivity contribution in [2.24, 2.45) is 0 Å². The van der Waals surface area contributed by atoms with Crippen LogP contribution in [0.5, 0.6) is 5.88 Å². The van der Waals surface area contributed by atoms with Crippen LogP contribution < -0.4 is 15.6 Å². The Balaban J connectivity index is 1.69. The summed E-state index contributed by atoms with van der Waals surface area (Å²) in [6, 6.07) is 14.5. The molecule has 2 bridgehead atoms. The third kappa shape index (κ3) is 2.98. The number of benzene rings is 1. The molecule has 1 aromatic carbocycles. The summed E-state index contributed by atoms with van der Waals surface area (Å²) in [4.78, 5) is 22.7. The van der Waals surface area contributed by atoms with E-state index in [2.05, 4.69) is 15.3 Å². The number of rotatable bonds is 3. The number of ether oxygens (including phenoxy) is 1. The first-order chi connectivity index (χ1) is 13.7. The van der Waals surface area contributed by atoms with E-state index in [1.807, 2.05) is 41.0 Å². The highest BCUT2D eigenvalue weighted by Gasteiger charge is 2.33. The highest BCUT2D eigenvalue weighted by atomic mass is 16.5. The van der Waals surface area contributed by atoms with Crippen LogP contribution in [0.2, 0.25) is 0 Å². The molecule has 0 spiro atoms. The van der Waals surface area contributed by atoms with E-state index in [0.29, 0.717) is 29.4 Å². The van der Waals surface area contributed by atoms with E-state index in [1.165, 1.54) is 19.3 Å². The Hall–Kier alpha value is -2.73. The molecule has 2 saturated heterocycles. The second kappa shape index (κ2) is 7.02. The molecule has 2 aromatic heterocycles. The average molecular weight is 376 g/mol. The molecule has 0 amide bonds. The molecule has 0 saturated carbocycles. The molecule has 3 aromatic rings. The van der Waals surface area contributed by atoms with Crippen LogP contribution in [-0.2, 0) is 0 Å². The van der Waals surface area contributed by atoms with Gasteiger partial charge >= 0.3 is 0 Å². The number of pyridine rings is 1. The van der Waals surface area contributed by atoms with Crippen molar-refractivity contribution >= 4 is 11.0 Å². The smallest absolute Gasteiger partial charge is 0.279 e. The van der Waals surface area contributed by atoms with E-state index in [1.54, 1.807) is 13.2 Å². The van der Waals surface area contributed by atoms with Crippen molar-refractivity contribution in [2.45, 2.75) is 50.2 Å². The molecule has 2 aliphatic heterocycles. The molecule has 144 valence electrons. The van der Waals surface area contributed by atoms with E-state index < -0.39 is 0 Å². The van der Waals surface area contributed by atoms with Gasteiger partial charge in [0.2, 0.25) is 5.88 Å². The van der Waals surface area contributed by atoms with Crippen LogP contribution in [0.25, 0.3) is 22.4 Å². The van der Waals surface area contributed by atoms with Crippen LogP contribution >= 0.6 is 0 Å². The fourth-order valence-electron chi connectivity index (χ4n) is 4.79. The van der Waals surface area contributed by atoms with Gasteiger partial charge in [-0.15, -0.1) is 0 Å². The van der Waals surface area contributed by atoms with E-state index >= 15 is 0 Å². The number of aromatic nitrogens is 3. The summed E-state index contributed by atoms with van der Waals surface area (Å²) in [7, 11) is 1.58. The summed E-state index contributed by atoms with van der Waals surface area (Å²) in [6.07, 6.45) is 5.62. The van der Waals surface area contributed by atoms with Crippen LogP contribution in [0.15, 0.2) is 47.3 Å². The minimum absolute atomic E-state index is 0.0653. The maximum atomic E-state index is 13.6. The zero-order valence-electron chi connectivity index (χ0n) is 16.0. The van der Waals surface area contributed by atoms with Gasteiger partial charge in [0.15, 0.2) is 5.69 Å². The molecular weight excluding hydrogens is 352 g/mol. The lowest BCUT2D eigenvalue weighted by Gasteiger charge is -2.41. The normalized spacial score (nSPS) is 24.2. The van der Waals surface area contributed by atoms with Gasteiger partial charge in [0.1, 0.15) is 0 Å². The molecule has 0 aliphatic carbocycles. The van der Waals surface area contributed by atoms with Crippen LogP contribution in [0.1, 0.15) is 38.1 Å². The van der Waals surface area contributed by atoms with Crippen molar-refractivity contribution in [3.63, 3.8) is 0 Å². The topological polar surface area (TPSA) is 69.0 Å². The first-order valence-corrected chi connectivity index (χ1v) is 10.0. The number of nitrogens with zero attached hydrogens (tertiary/aromatic N) is 3. The lowest BCUT2D eigenvalue weighted by atomic mass is 9.84. The first kappa shape index (κ1) is 17.4. The highest BCUT2D eigenvalue weighted by molar-refractivity contribution is 5.77. The number of nitrogens with one attached hydrogen (secondary N) is 1. The van der Waals surface area contributed by atoms with Crippen molar-refractivity contribution < 1.29 is 4.74 Å². The Morgan fingerprint density at radius 2 is 1.82 bits per heavy atom. The maximum absolute atomic E-state index is 13.6. The van der Waals surface area contributed by atoms with E-state index in [9.17, 15) is 4.79 Å². The van der Waals surface area contributed by atoms with Crippen LogP contribution in [0.3, 0.4) is 0 Å². The SMILES string of the molecule is COc1cccc(-c2nc3ccccc3n(C3CC4CCCC(C3)N4)c2=O)n1. The van der Waals surface area contributed by atoms with Gasteiger partial charge in [0.05, 0.1) is 23.8 Å². The van der Waals surface area contributed by atoms with Crippen molar-refractivity contribution in [1.82, 2.24) is 19.9 Å². The van der Waals surface area contributed by atoms with Crippen LogP contribution in [0, 0.1) is 0 Å². The zero-order chi connectivity index (χ0) is 19.1. The number of methoxy groups -OCH3 is 1. The minimum atomic E-state index is -0.0653. The molecule has 0 radical (unpaired) electrons. The van der Waals surface area contributed by atoms with Gasteiger partial charge in [-0.1, -0.05) is 24.6 Å². The summed E-state index contributed by atoms with van der Waals surface area (Å²) >= 11 is 0. The Bertz CT molecular complexity index is 1070. The highest BCUT2D eigenvalue weighted by Crippen LogP contribution is 2.34. The Labute approximate surface area is 163 Å². The molecule has 4 heterocycles. The maximum Gasteiger partial charge on any atom is 0.279 e. The summed E-state index contributed by atoms with van der Waals surface area (Å²) in [5, 5.41) is 3.72. The summed E-state index contributed by atoms with van der Waals surface area (Å²) in [5.41, 5.74) is 2.61. The molecule has 2 aliphatic rings. The molecule has 28 heavy (non-hydrogen) atoms. The van der Waals surface area contributed by atoms with Gasteiger partial charge in [0.25, 0.3) is 5.56 Å². The molecule has 2 fully saturated rings. The lowest BCUT2D eigenvalue weighted by Crippen LogP contribution is -2.50. The van der Waals surface area contributed by atoms with Crippen LogP contribution in [0.4, 0.5) is 0 Å². The molecule has 1 N–H and O–H groups in total. The van der Waals surface area contributed by atoms with Gasteiger partial charge in [-0.3, -0.25) is 4.79 Å². The van der Waals surface area contributed by atoms with Crippen LogP contribution in [-0.4, -0.2) is 33.7 Å². The lowest BCUT2D eigenvalue weighted by molar-refractivity contribution is 0.189. The predicted octanol–water partition coefficient (Wildman–Crippen LogP) is 3.31. The number of fused-ring (bicyclic) bond motifs is 3. The third-order valence-electron chi connectivity index (χ3n) is 6.03. The van der Waals surface area contributed by atoms with Gasteiger partial charge in [0, 0.05) is 24.2 Å². The first-order valence-electron chi connectivity index (χ1n) is 10.0. The van der Waals surface area contributed by atoms with Crippen molar-refractivity contribution in [2.75, 3.05) is 7.11 Å². The molecule has 6 nitrogen and oxygen atoms in total. The van der Waals surface area contributed by atoms with Gasteiger partial charge in [-0.25, -0.2) is 9.97 Å². The summed E-state index contributed by atoms with van der Waals surface area (Å²) < 4.78 is 7.22. The summed E-state index contributed by atoms with van der Waals surface area (Å²) in [5.74, 6) is 0.481. The summed E-state index contributed by atoms with van der Waals surface area (Å²) in [6.45, 7) is 0. The van der Waals surface area contributed by atoms with Crippen molar-refractivity contribution in [3.8, 4) is 17.3 Å². The van der Waals surface area contributed by atoms with Crippen molar-refractivity contribution in [1.29, 1.82) is 0 Å². The third-order valence-corrected chi connectivity index (χ3v) is 6.03. The monoisotopic (exact) mass is 376 g/mol. The molecule has 2 unspecified atom stereocenters. The number of piperidine rings is 2. The number of hydrogen-bond donors (Lipinski definition) is 1. The van der Waals surface area contributed by atoms with Gasteiger partial charge < -0.3 is 14.6 Å². The molecule has 5 rings (SSSR count). The fraction of sp³-hybridized carbons (Fsp3) is 0.409. The molecule has 2 atom stereocenters. The fourth-order valence-corrected chi connectivity index (χ4v) is 4.79. The molecular formula is C22H24N4O2. The second-order valence-electron chi connectivity index (χ2n) is 7.81. The second-order valence-corrected chi connectivity index (χ2v) is 7.81.